The summed E-state index contributed by atoms with van der Waals surface area (Å²) in [7, 11) is 3.05. The number of phenols is 1. The predicted molar refractivity (Wildman–Crippen MR) is 106 cm³/mol. The smallest absolute Gasteiger partial charge is 0.341 e. The largest absolute Gasteiger partial charge is 0.504 e. The second kappa shape index (κ2) is 7.65. The molecule has 2 aliphatic heterocycles. The highest BCUT2D eigenvalue weighted by Gasteiger charge is 2.36. The van der Waals surface area contributed by atoms with E-state index in [-0.39, 0.29) is 11.8 Å². The Labute approximate surface area is 173 Å². The first-order chi connectivity index (χ1) is 13.9. The third kappa shape index (κ3) is 3.45. The minimum absolute atomic E-state index is 0.0567. The molecule has 0 saturated heterocycles. The number of rotatable bonds is 5. The van der Waals surface area contributed by atoms with Crippen molar-refractivity contribution >= 4 is 17.6 Å². The Morgan fingerprint density at radius 1 is 1.21 bits per heavy atom. The Hall–Kier alpha value is -2.64. The molecule has 2 aromatic carbocycles. The van der Waals surface area contributed by atoms with Gasteiger partial charge in [-0.1, -0.05) is 11.6 Å². The Bertz CT molecular complexity index is 976. The van der Waals surface area contributed by atoms with E-state index in [2.05, 4.69) is 4.90 Å². The van der Waals surface area contributed by atoms with Gasteiger partial charge in [-0.25, -0.2) is 4.79 Å². The van der Waals surface area contributed by atoms with Gasteiger partial charge in [-0.3, -0.25) is 4.90 Å². The molecule has 1 atom stereocenters. The van der Waals surface area contributed by atoms with E-state index < -0.39 is 12.6 Å². The number of carboxylic acid groups (broad SMARTS) is 1. The molecular weight excluding hydrogens is 398 g/mol. The molecule has 4 rings (SSSR count). The van der Waals surface area contributed by atoms with E-state index in [1.165, 1.54) is 7.11 Å². The van der Waals surface area contributed by atoms with E-state index in [0.29, 0.717) is 35.2 Å². The highest BCUT2D eigenvalue weighted by atomic mass is 35.5. The minimum Gasteiger partial charge on any atom is -0.504 e. The van der Waals surface area contributed by atoms with Crippen LogP contribution in [-0.4, -0.2) is 48.5 Å². The van der Waals surface area contributed by atoms with Gasteiger partial charge >= 0.3 is 5.97 Å². The molecule has 1 unspecified atom stereocenters. The van der Waals surface area contributed by atoms with Crippen LogP contribution >= 0.6 is 11.6 Å². The van der Waals surface area contributed by atoms with Crippen molar-refractivity contribution in [2.75, 3.05) is 27.4 Å². The Morgan fingerprint density at radius 3 is 2.66 bits per heavy atom. The maximum Gasteiger partial charge on any atom is 0.341 e. The number of aromatic hydroxyl groups is 1. The lowest BCUT2D eigenvalue weighted by Crippen LogP contribution is -2.39. The Kier molecular flexibility index (Phi) is 5.19. The molecule has 8 heteroatoms. The Balaban J connectivity index is 1.76. The molecule has 0 aromatic heterocycles. The maximum absolute atomic E-state index is 11.0. The van der Waals surface area contributed by atoms with E-state index in [1.807, 2.05) is 6.07 Å². The van der Waals surface area contributed by atoms with Crippen LogP contribution in [0.15, 0.2) is 18.2 Å². The minimum atomic E-state index is -1.05. The second-order valence-electron chi connectivity index (χ2n) is 7.19. The highest BCUT2D eigenvalue weighted by molar-refractivity contribution is 6.31. The molecule has 2 heterocycles. The van der Waals surface area contributed by atoms with Gasteiger partial charge in [0.1, 0.15) is 0 Å². The molecule has 0 bridgehead atoms. The fourth-order valence-corrected chi connectivity index (χ4v) is 4.58. The van der Waals surface area contributed by atoms with Crippen LogP contribution in [-0.2, 0) is 24.2 Å². The number of nitrogens with zero attached hydrogens (tertiary/aromatic N) is 1. The standard InChI is InChI=1S/C21H22ClNO6/c1-27-18-5-11-3-4-23-9-14-13(6-16(23)12(11)7-17(18)24)15(22)8-19(28-2)21(14)29-10-20(25)26/h5,7-8,16,24H,3-4,6,9-10H2,1-2H3,(H,25,26). The van der Waals surface area contributed by atoms with Gasteiger partial charge in [0, 0.05) is 35.8 Å². The normalized spacial score (nSPS) is 17.7. The highest BCUT2D eigenvalue weighted by Crippen LogP contribution is 2.48. The van der Waals surface area contributed by atoms with Crippen molar-refractivity contribution in [3.05, 3.63) is 45.5 Å². The summed E-state index contributed by atoms with van der Waals surface area (Å²) < 4.78 is 16.2. The first-order valence-electron chi connectivity index (χ1n) is 9.29. The number of fused-ring (bicyclic) bond motifs is 4. The predicted octanol–water partition coefficient (Wildman–Crippen LogP) is 3.18. The molecular formula is C21H22ClNO6. The van der Waals surface area contributed by atoms with E-state index in [1.54, 1.807) is 19.2 Å². The van der Waals surface area contributed by atoms with Crippen molar-refractivity contribution in [2.45, 2.75) is 25.4 Å². The lowest BCUT2D eigenvalue weighted by Gasteiger charge is -2.42. The fourth-order valence-electron chi connectivity index (χ4n) is 4.29. The summed E-state index contributed by atoms with van der Waals surface area (Å²) >= 11 is 6.56. The summed E-state index contributed by atoms with van der Waals surface area (Å²) in [6.07, 6.45) is 1.45. The van der Waals surface area contributed by atoms with Crippen LogP contribution in [0.25, 0.3) is 0 Å². The van der Waals surface area contributed by atoms with E-state index in [4.69, 9.17) is 30.9 Å². The lowest BCUT2D eigenvalue weighted by atomic mass is 9.83. The van der Waals surface area contributed by atoms with Gasteiger partial charge in [0.05, 0.1) is 14.2 Å². The molecule has 2 N–H and O–H groups in total. The van der Waals surface area contributed by atoms with Crippen molar-refractivity contribution in [1.82, 2.24) is 4.90 Å². The molecule has 2 aliphatic rings. The number of carbonyl (C=O) groups is 1. The molecule has 0 aliphatic carbocycles. The lowest BCUT2D eigenvalue weighted by molar-refractivity contribution is -0.139. The molecule has 0 radical (unpaired) electrons. The number of hydrogen-bond donors (Lipinski definition) is 2. The van der Waals surface area contributed by atoms with Crippen molar-refractivity contribution in [3.8, 4) is 23.0 Å². The topological polar surface area (TPSA) is 88.5 Å². The number of benzene rings is 2. The molecule has 7 nitrogen and oxygen atoms in total. The zero-order valence-electron chi connectivity index (χ0n) is 16.2. The first kappa shape index (κ1) is 19.7. The molecule has 0 amide bonds. The molecule has 2 aromatic rings. The van der Waals surface area contributed by atoms with Crippen LogP contribution in [0.3, 0.4) is 0 Å². The van der Waals surface area contributed by atoms with Crippen LogP contribution in [0.2, 0.25) is 5.02 Å². The van der Waals surface area contributed by atoms with Gasteiger partial charge in [-0.15, -0.1) is 0 Å². The third-order valence-electron chi connectivity index (χ3n) is 5.64. The van der Waals surface area contributed by atoms with E-state index in [9.17, 15) is 9.90 Å². The molecule has 154 valence electrons. The van der Waals surface area contributed by atoms with Crippen LogP contribution < -0.4 is 14.2 Å². The number of halogens is 1. The molecule has 0 spiro atoms. The summed E-state index contributed by atoms with van der Waals surface area (Å²) in [6, 6.07) is 5.40. The van der Waals surface area contributed by atoms with E-state index in [0.717, 1.165) is 35.2 Å². The van der Waals surface area contributed by atoms with Crippen molar-refractivity contribution in [2.24, 2.45) is 0 Å². The second-order valence-corrected chi connectivity index (χ2v) is 7.60. The zero-order chi connectivity index (χ0) is 20.7. The average Bonchev–Trinajstić information content (AvgIpc) is 2.71. The van der Waals surface area contributed by atoms with Crippen molar-refractivity contribution in [1.29, 1.82) is 0 Å². The van der Waals surface area contributed by atoms with E-state index >= 15 is 0 Å². The van der Waals surface area contributed by atoms with Gasteiger partial charge in [-0.2, -0.15) is 0 Å². The summed E-state index contributed by atoms with van der Waals surface area (Å²) in [5, 5.41) is 19.9. The molecule has 0 saturated carbocycles. The number of ether oxygens (including phenoxy) is 3. The Morgan fingerprint density at radius 2 is 1.97 bits per heavy atom. The number of carboxylic acids is 1. The van der Waals surface area contributed by atoms with Gasteiger partial charge in [0.2, 0.25) is 0 Å². The number of aliphatic carboxylic acids is 1. The number of phenolic OH excluding ortho intramolecular Hbond substituents is 1. The first-order valence-corrected chi connectivity index (χ1v) is 9.67. The average molecular weight is 420 g/mol. The summed E-state index contributed by atoms with van der Waals surface area (Å²) in [6.45, 7) is 0.917. The van der Waals surface area contributed by atoms with Crippen LogP contribution in [0.5, 0.6) is 23.0 Å². The van der Waals surface area contributed by atoms with Gasteiger partial charge < -0.3 is 24.4 Å². The van der Waals surface area contributed by atoms with Crippen LogP contribution in [0.4, 0.5) is 0 Å². The van der Waals surface area contributed by atoms with Gasteiger partial charge in [0.15, 0.2) is 29.6 Å². The molecule has 0 fully saturated rings. The van der Waals surface area contributed by atoms with Crippen molar-refractivity contribution < 1.29 is 29.2 Å². The van der Waals surface area contributed by atoms with Crippen LogP contribution in [0, 0.1) is 0 Å². The SMILES string of the molecule is COc1cc2c(cc1O)C1Cc3c(Cl)cc(OC)c(OCC(=O)O)c3CN1CC2. The summed E-state index contributed by atoms with van der Waals surface area (Å²) in [4.78, 5) is 13.3. The number of methoxy groups -OCH3 is 2. The van der Waals surface area contributed by atoms with Gasteiger partial charge in [-0.05, 0) is 41.7 Å². The molecule has 29 heavy (non-hydrogen) atoms. The summed E-state index contributed by atoms with van der Waals surface area (Å²) in [5.41, 5.74) is 3.97. The van der Waals surface area contributed by atoms with Crippen molar-refractivity contribution in [3.63, 3.8) is 0 Å². The third-order valence-corrected chi connectivity index (χ3v) is 5.97. The fraction of sp³-hybridized carbons (Fsp3) is 0.381. The number of hydrogen-bond acceptors (Lipinski definition) is 6. The van der Waals surface area contributed by atoms with Gasteiger partial charge in [0.25, 0.3) is 0 Å². The monoisotopic (exact) mass is 419 g/mol. The maximum atomic E-state index is 11.0. The zero-order valence-corrected chi connectivity index (χ0v) is 17.0. The van der Waals surface area contributed by atoms with Crippen LogP contribution in [0.1, 0.15) is 28.3 Å². The quantitative estimate of drug-likeness (QED) is 0.769. The summed E-state index contributed by atoms with van der Waals surface area (Å²) in [5.74, 6) is 0.385.